The number of hydrogen-bond acceptors (Lipinski definition) is 3. The summed E-state index contributed by atoms with van der Waals surface area (Å²) >= 11 is 1.88. The molecule has 0 saturated heterocycles. The molecule has 4 heteroatoms. The van der Waals surface area contributed by atoms with Crippen LogP contribution in [-0.4, -0.2) is 27.6 Å². The van der Waals surface area contributed by atoms with E-state index in [4.69, 9.17) is 5.73 Å². The summed E-state index contributed by atoms with van der Waals surface area (Å²) in [7, 11) is 0. The first-order chi connectivity index (χ1) is 6.74. The summed E-state index contributed by atoms with van der Waals surface area (Å²) in [6.45, 7) is 3.07. The Morgan fingerprint density at radius 3 is 3.07 bits per heavy atom. The third kappa shape index (κ3) is 3.72. The minimum Gasteiger partial charge on any atom is -0.335 e. The first kappa shape index (κ1) is 11.6. The molecule has 0 bridgehead atoms. The van der Waals surface area contributed by atoms with Crippen molar-refractivity contribution in [1.29, 1.82) is 0 Å². The summed E-state index contributed by atoms with van der Waals surface area (Å²) < 4.78 is 2.21. The van der Waals surface area contributed by atoms with Crippen LogP contribution in [0.25, 0.3) is 0 Å². The molecule has 1 heterocycles. The van der Waals surface area contributed by atoms with Crippen LogP contribution in [0.4, 0.5) is 0 Å². The SMILES string of the molecule is CSCCCn1ccnc1CC(C)N. The van der Waals surface area contributed by atoms with Crippen LogP contribution in [0.1, 0.15) is 19.2 Å². The van der Waals surface area contributed by atoms with E-state index in [1.54, 1.807) is 0 Å². The lowest BCUT2D eigenvalue weighted by Crippen LogP contribution is -2.20. The lowest BCUT2D eigenvalue weighted by atomic mass is 10.2. The van der Waals surface area contributed by atoms with Crippen molar-refractivity contribution in [2.45, 2.75) is 32.4 Å². The molecule has 80 valence electrons. The number of hydrogen-bond donors (Lipinski definition) is 1. The van der Waals surface area contributed by atoms with E-state index in [1.807, 2.05) is 31.1 Å². The van der Waals surface area contributed by atoms with Crippen LogP contribution in [0.15, 0.2) is 12.4 Å². The van der Waals surface area contributed by atoms with Gasteiger partial charge < -0.3 is 10.3 Å². The molecule has 14 heavy (non-hydrogen) atoms. The summed E-state index contributed by atoms with van der Waals surface area (Å²) in [5.41, 5.74) is 5.75. The minimum absolute atomic E-state index is 0.191. The second-order valence-corrected chi connectivity index (χ2v) is 4.55. The summed E-state index contributed by atoms with van der Waals surface area (Å²) in [4.78, 5) is 4.31. The third-order valence-electron chi connectivity index (χ3n) is 2.05. The fourth-order valence-electron chi connectivity index (χ4n) is 1.40. The van der Waals surface area contributed by atoms with Crippen LogP contribution in [0, 0.1) is 0 Å². The largest absolute Gasteiger partial charge is 0.335 e. The molecule has 0 spiro atoms. The van der Waals surface area contributed by atoms with Gasteiger partial charge in [-0.3, -0.25) is 0 Å². The van der Waals surface area contributed by atoms with E-state index in [9.17, 15) is 0 Å². The number of aromatic nitrogens is 2. The first-order valence-corrected chi connectivity index (χ1v) is 6.38. The molecule has 0 aliphatic heterocycles. The molecule has 1 rings (SSSR count). The van der Waals surface area contributed by atoms with Gasteiger partial charge in [0.25, 0.3) is 0 Å². The monoisotopic (exact) mass is 213 g/mol. The van der Waals surface area contributed by atoms with Crippen molar-refractivity contribution < 1.29 is 0 Å². The molecular formula is C10H19N3S. The van der Waals surface area contributed by atoms with Crippen LogP contribution < -0.4 is 5.73 Å². The zero-order valence-corrected chi connectivity index (χ0v) is 9.76. The van der Waals surface area contributed by atoms with E-state index in [0.29, 0.717) is 0 Å². The Morgan fingerprint density at radius 2 is 2.43 bits per heavy atom. The van der Waals surface area contributed by atoms with E-state index in [-0.39, 0.29) is 6.04 Å². The highest BCUT2D eigenvalue weighted by Gasteiger charge is 2.04. The second kappa shape index (κ2) is 6.09. The Balaban J connectivity index is 2.45. The van der Waals surface area contributed by atoms with Crippen molar-refractivity contribution >= 4 is 11.8 Å². The smallest absolute Gasteiger partial charge is 0.110 e. The van der Waals surface area contributed by atoms with Crippen molar-refractivity contribution in [2.75, 3.05) is 12.0 Å². The first-order valence-electron chi connectivity index (χ1n) is 4.98. The van der Waals surface area contributed by atoms with Gasteiger partial charge in [-0.1, -0.05) is 0 Å². The Labute approximate surface area is 90.1 Å². The summed E-state index contributed by atoms with van der Waals surface area (Å²) in [6, 6.07) is 0.191. The normalized spacial score (nSPS) is 13.1. The third-order valence-corrected chi connectivity index (χ3v) is 2.75. The van der Waals surface area contributed by atoms with Crippen molar-refractivity contribution in [3.8, 4) is 0 Å². The predicted octanol–water partition coefficient (Wildman–Crippen LogP) is 1.53. The van der Waals surface area contributed by atoms with Gasteiger partial charge in [0, 0.05) is 31.4 Å². The van der Waals surface area contributed by atoms with Crippen LogP contribution in [0.5, 0.6) is 0 Å². The maximum absolute atomic E-state index is 5.75. The molecule has 0 aliphatic carbocycles. The highest BCUT2D eigenvalue weighted by molar-refractivity contribution is 7.98. The topological polar surface area (TPSA) is 43.8 Å². The van der Waals surface area contributed by atoms with Crippen LogP contribution in [0.3, 0.4) is 0 Å². The van der Waals surface area contributed by atoms with Gasteiger partial charge >= 0.3 is 0 Å². The number of thioether (sulfide) groups is 1. The number of nitrogens with zero attached hydrogens (tertiary/aromatic N) is 2. The Morgan fingerprint density at radius 1 is 1.64 bits per heavy atom. The fraction of sp³-hybridized carbons (Fsp3) is 0.700. The van der Waals surface area contributed by atoms with Crippen molar-refractivity contribution in [1.82, 2.24) is 9.55 Å². The van der Waals surface area contributed by atoms with Gasteiger partial charge in [-0.05, 0) is 25.4 Å². The van der Waals surface area contributed by atoms with E-state index < -0.39 is 0 Å². The molecular weight excluding hydrogens is 194 g/mol. The van der Waals surface area contributed by atoms with E-state index in [0.717, 1.165) is 18.8 Å². The molecule has 0 saturated carbocycles. The van der Waals surface area contributed by atoms with Crippen molar-refractivity contribution in [3.05, 3.63) is 18.2 Å². The van der Waals surface area contributed by atoms with E-state index in [2.05, 4.69) is 15.8 Å². The highest BCUT2D eigenvalue weighted by Crippen LogP contribution is 2.04. The van der Waals surface area contributed by atoms with Gasteiger partial charge in [-0.15, -0.1) is 0 Å². The van der Waals surface area contributed by atoms with Gasteiger partial charge in [0.15, 0.2) is 0 Å². The lowest BCUT2D eigenvalue weighted by molar-refractivity contribution is 0.607. The van der Waals surface area contributed by atoms with Gasteiger partial charge in [0.2, 0.25) is 0 Å². The number of aryl methyl sites for hydroxylation is 1. The van der Waals surface area contributed by atoms with Gasteiger partial charge in [-0.2, -0.15) is 11.8 Å². The van der Waals surface area contributed by atoms with Gasteiger partial charge in [0.05, 0.1) is 0 Å². The number of imidazole rings is 1. The molecule has 0 aliphatic rings. The van der Waals surface area contributed by atoms with Crippen molar-refractivity contribution in [2.24, 2.45) is 5.73 Å². The molecule has 3 nitrogen and oxygen atoms in total. The van der Waals surface area contributed by atoms with E-state index in [1.165, 1.54) is 12.2 Å². The molecule has 0 fully saturated rings. The summed E-state index contributed by atoms with van der Waals surface area (Å²) in [5.74, 6) is 2.32. The van der Waals surface area contributed by atoms with Gasteiger partial charge in [-0.25, -0.2) is 4.98 Å². The maximum Gasteiger partial charge on any atom is 0.110 e. The fourth-order valence-corrected chi connectivity index (χ4v) is 1.82. The molecule has 1 atom stereocenters. The quantitative estimate of drug-likeness (QED) is 0.729. The standard InChI is InChI=1S/C10H19N3S/c1-9(11)8-10-12-4-6-13(10)5-3-7-14-2/h4,6,9H,3,5,7-8,11H2,1-2H3. The lowest BCUT2D eigenvalue weighted by Gasteiger charge is -2.08. The average Bonchev–Trinajstić information content (AvgIpc) is 2.52. The number of nitrogens with two attached hydrogens (primary N) is 1. The molecule has 0 aromatic carbocycles. The molecule has 0 amide bonds. The average molecular weight is 213 g/mol. The number of rotatable bonds is 6. The molecule has 1 aromatic rings. The van der Waals surface area contributed by atoms with Crippen molar-refractivity contribution in [3.63, 3.8) is 0 Å². The maximum atomic E-state index is 5.75. The zero-order valence-electron chi connectivity index (χ0n) is 8.94. The predicted molar refractivity (Wildman–Crippen MR) is 62.6 cm³/mol. The minimum atomic E-state index is 0.191. The molecule has 1 unspecified atom stereocenters. The van der Waals surface area contributed by atoms with Crippen LogP contribution in [0.2, 0.25) is 0 Å². The molecule has 0 radical (unpaired) electrons. The summed E-state index contributed by atoms with van der Waals surface area (Å²) in [5, 5.41) is 0. The second-order valence-electron chi connectivity index (χ2n) is 3.56. The van der Waals surface area contributed by atoms with Crippen LogP contribution in [-0.2, 0) is 13.0 Å². The van der Waals surface area contributed by atoms with Crippen LogP contribution >= 0.6 is 11.8 Å². The van der Waals surface area contributed by atoms with E-state index >= 15 is 0 Å². The zero-order chi connectivity index (χ0) is 10.4. The summed E-state index contributed by atoms with van der Waals surface area (Å²) in [6.07, 6.45) is 8.10. The highest BCUT2D eigenvalue weighted by atomic mass is 32.2. The molecule has 2 N–H and O–H groups in total. The Bertz CT molecular complexity index is 258. The van der Waals surface area contributed by atoms with Gasteiger partial charge in [0.1, 0.15) is 5.82 Å². The molecule has 1 aromatic heterocycles. The Kier molecular flexibility index (Phi) is 5.04. The Hall–Kier alpha value is -0.480.